The molecule has 31 heavy (non-hydrogen) atoms. The summed E-state index contributed by atoms with van der Waals surface area (Å²) in [6, 6.07) is 13.9. The Morgan fingerprint density at radius 1 is 0.839 bits per heavy atom. The molecular weight excluding hydrogens is 412 g/mol. The van der Waals surface area contributed by atoms with Crippen LogP contribution in [-0.4, -0.2) is 63.1 Å². The molecule has 2 aromatic carbocycles. The van der Waals surface area contributed by atoms with Gasteiger partial charge >= 0.3 is 0 Å². The van der Waals surface area contributed by atoms with Crippen molar-refractivity contribution < 1.29 is 17.9 Å². The molecule has 5 rings (SSSR count). The van der Waals surface area contributed by atoms with Crippen LogP contribution in [0.5, 0.6) is 11.5 Å². The first-order chi connectivity index (χ1) is 15.1. The lowest BCUT2D eigenvalue weighted by atomic mass is 9.91. The molecule has 0 amide bonds. The molecule has 1 saturated heterocycles. The Labute approximate surface area is 184 Å². The Morgan fingerprint density at radius 2 is 1.52 bits per heavy atom. The Balaban J connectivity index is 1.26. The SMILES string of the molecule is O=S(=O)(c1ccc(Oc2ccc3c(c2)CCN(C2CCC2)CC3)cc1)N1CCOCC1. The standard InChI is InChI=1S/C24H30N2O4S/c27-31(28,26-14-16-29-17-15-26)24-8-6-22(7-9-24)30-23-5-4-19-10-12-25(21-2-1-3-21)13-11-20(19)18-23/h4-9,18,21H,1-3,10-17H2. The second kappa shape index (κ2) is 8.90. The Hall–Kier alpha value is -1.93. The molecule has 7 heteroatoms. The number of sulfonamides is 1. The third-order valence-corrected chi connectivity index (χ3v) is 8.69. The Morgan fingerprint density at radius 3 is 2.19 bits per heavy atom. The fourth-order valence-corrected chi connectivity index (χ4v) is 6.06. The number of ether oxygens (including phenoxy) is 2. The van der Waals surface area contributed by atoms with Gasteiger partial charge in [0.2, 0.25) is 10.0 Å². The van der Waals surface area contributed by atoms with Gasteiger partial charge in [0.1, 0.15) is 11.5 Å². The zero-order chi connectivity index (χ0) is 21.3. The average molecular weight is 443 g/mol. The summed E-state index contributed by atoms with van der Waals surface area (Å²) < 4.78 is 38.4. The minimum absolute atomic E-state index is 0.291. The lowest BCUT2D eigenvalue weighted by Gasteiger charge is -2.36. The van der Waals surface area contributed by atoms with Gasteiger partial charge in [-0.2, -0.15) is 4.31 Å². The second-order valence-electron chi connectivity index (χ2n) is 8.64. The van der Waals surface area contributed by atoms with Crippen molar-refractivity contribution >= 4 is 10.0 Å². The largest absolute Gasteiger partial charge is 0.457 e. The molecule has 166 valence electrons. The average Bonchev–Trinajstić information content (AvgIpc) is 2.96. The van der Waals surface area contributed by atoms with Gasteiger partial charge in [0.25, 0.3) is 0 Å². The van der Waals surface area contributed by atoms with Crippen LogP contribution in [0.15, 0.2) is 47.4 Å². The summed E-state index contributed by atoms with van der Waals surface area (Å²) in [5.74, 6) is 1.45. The van der Waals surface area contributed by atoms with Crippen LogP contribution in [0.3, 0.4) is 0 Å². The number of fused-ring (bicyclic) bond motifs is 1. The minimum atomic E-state index is -3.48. The van der Waals surface area contributed by atoms with E-state index in [0.29, 0.717) is 36.9 Å². The molecule has 0 aromatic heterocycles. The second-order valence-corrected chi connectivity index (χ2v) is 10.6. The molecule has 3 aliphatic rings. The summed E-state index contributed by atoms with van der Waals surface area (Å²) in [4.78, 5) is 2.94. The molecule has 0 N–H and O–H groups in total. The maximum absolute atomic E-state index is 12.8. The van der Waals surface area contributed by atoms with E-state index in [2.05, 4.69) is 17.0 Å². The van der Waals surface area contributed by atoms with Gasteiger partial charge in [0.15, 0.2) is 0 Å². The van der Waals surface area contributed by atoms with Crippen molar-refractivity contribution in [2.75, 3.05) is 39.4 Å². The predicted molar refractivity (Wildman–Crippen MR) is 119 cm³/mol. The molecular formula is C24H30N2O4S. The zero-order valence-corrected chi connectivity index (χ0v) is 18.6. The van der Waals surface area contributed by atoms with Crippen molar-refractivity contribution in [3.8, 4) is 11.5 Å². The zero-order valence-electron chi connectivity index (χ0n) is 17.8. The molecule has 2 fully saturated rings. The van der Waals surface area contributed by atoms with Gasteiger partial charge < -0.3 is 9.47 Å². The van der Waals surface area contributed by atoms with Crippen LogP contribution in [0.2, 0.25) is 0 Å². The summed E-state index contributed by atoms with van der Waals surface area (Å²) in [6.45, 7) is 3.95. The summed E-state index contributed by atoms with van der Waals surface area (Å²) in [5.41, 5.74) is 2.78. The summed E-state index contributed by atoms with van der Waals surface area (Å²) >= 11 is 0. The van der Waals surface area contributed by atoms with E-state index in [4.69, 9.17) is 9.47 Å². The van der Waals surface area contributed by atoms with Crippen LogP contribution in [-0.2, 0) is 27.6 Å². The first-order valence-corrected chi connectivity index (χ1v) is 12.8. The van der Waals surface area contributed by atoms with Gasteiger partial charge in [-0.05, 0) is 73.2 Å². The first kappa shape index (κ1) is 20.9. The summed E-state index contributed by atoms with van der Waals surface area (Å²) in [7, 11) is -3.48. The van der Waals surface area contributed by atoms with E-state index < -0.39 is 10.0 Å². The molecule has 0 bridgehead atoms. The highest BCUT2D eigenvalue weighted by atomic mass is 32.2. The number of hydrogen-bond acceptors (Lipinski definition) is 5. The van der Waals surface area contributed by atoms with E-state index in [1.54, 1.807) is 24.3 Å². The van der Waals surface area contributed by atoms with E-state index in [-0.39, 0.29) is 0 Å². The Bertz CT molecular complexity index is 1010. The van der Waals surface area contributed by atoms with Gasteiger partial charge in [-0.1, -0.05) is 12.5 Å². The molecule has 0 spiro atoms. The predicted octanol–water partition coefficient (Wildman–Crippen LogP) is 3.45. The van der Waals surface area contributed by atoms with Crippen LogP contribution in [0, 0.1) is 0 Å². The summed E-state index contributed by atoms with van der Waals surface area (Å²) in [5, 5.41) is 0. The number of morpholine rings is 1. The highest BCUT2D eigenvalue weighted by Gasteiger charge is 2.27. The molecule has 2 heterocycles. The van der Waals surface area contributed by atoms with Gasteiger partial charge in [-0.15, -0.1) is 0 Å². The topological polar surface area (TPSA) is 59.1 Å². The lowest BCUT2D eigenvalue weighted by molar-refractivity contribution is 0.0730. The minimum Gasteiger partial charge on any atom is -0.457 e. The molecule has 0 radical (unpaired) electrons. The van der Waals surface area contributed by atoms with Gasteiger partial charge in [0, 0.05) is 32.2 Å². The van der Waals surface area contributed by atoms with Crippen molar-refractivity contribution in [3.63, 3.8) is 0 Å². The monoisotopic (exact) mass is 442 g/mol. The molecule has 0 unspecified atom stereocenters. The maximum Gasteiger partial charge on any atom is 0.243 e. The summed E-state index contributed by atoms with van der Waals surface area (Å²) in [6.07, 6.45) is 6.22. The number of benzene rings is 2. The molecule has 2 aromatic rings. The van der Waals surface area contributed by atoms with E-state index in [9.17, 15) is 8.42 Å². The lowest BCUT2D eigenvalue weighted by Crippen LogP contribution is -2.41. The smallest absolute Gasteiger partial charge is 0.243 e. The van der Waals surface area contributed by atoms with E-state index in [0.717, 1.165) is 37.7 Å². The van der Waals surface area contributed by atoms with Gasteiger partial charge in [-0.25, -0.2) is 8.42 Å². The van der Waals surface area contributed by atoms with Crippen molar-refractivity contribution in [1.82, 2.24) is 9.21 Å². The van der Waals surface area contributed by atoms with Crippen LogP contribution < -0.4 is 4.74 Å². The van der Waals surface area contributed by atoms with Gasteiger partial charge in [0.05, 0.1) is 18.1 Å². The van der Waals surface area contributed by atoms with Crippen LogP contribution in [0.25, 0.3) is 0 Å². The molecule has 1 saturated carbocycles. The third kappa shape index (κ3) is 4.51. The Kier molecular flexibility index (Phi) is 6.01. The van der Waals surface area contributed by atoms with Crippen LogP contribution in [0.1, 0.15) is 30.4 Å². The fraction of sp³-hybridized carbons (Fsp3) is 0.500. The number of nitrogens with zero attached hydrogens (tertiary/aromatic N) is 2. The molecule has 0 atom stereocenters. The number of hydrogen-bond donors (Lipinski definition) is 0. The van der Waals surface area contributed by atoms with Crippen molar-refractivity contribution in [2.24, 2.45) is 0 Å². The van der Waals surface area contributed by atoms with Crippen LogP contribution >= 0.6 is 0 Å². The first-order valence-electron chi connectivity index (χ1n) is 11.3. The van der Waals surface area contributed by atoms with Crippen molar-refractivity contribution in [1.29, 1.82) is 0 Å². The van der Waals surface area contributed by atoms with Crippen LogP contribution in [0.4, 0.5) is 0 Å². The molecule has 6 nitrogen and oxygen atoms in total. The maximum atomic E-state index is 12.8. The van der Waals surface area contributed by atoms with Crippen molar-refractivity contribution in [3.05, 3.63) is 53.6 Å². The normalized spacial score (nSPS) is 21.2. The molecule has 1 aliphatic carbocycles. The van der Waals surface area contributed by atoms with E-state index >= 15 is 0 Å². The third-order valence-electron chi connectivity index (χ3n) is 6.77. The quantitative estimate of drug-likeness (QED) is 0.710. The molecule has 2 aliphatic heterocycles. The fourth-order valence-electron chi connectivity index (χ4n) is 4.65. The van der Waals surface area contributed by atoms with E-state index in [1.165, 1.54) is 34.7 Å². The van der Waals surface area contributed by atoms with Gasteiger partial charge in [-0.3, -0.25) is 4.90 Å². The van der Waals surface area contributed by atoms with Crippen molar-refractivity contribution in [2.45, 2.75) is 43.0 Å². The highest BCUT2D eigenvalue weighted by molar-refractivity contribution is 7.89. The van der Waals surface area contributed by atoms with E-state index in [1.807, 2.05) is 6.07 Å². The highest BCUT2D eigenvalue weighted by Crippen LogP contribution is 2.30. The number of rotatable bonds is 5.